The fourth-order valence-corrected chi connectivity index (χ4v) is 2.80. The third kappa shape index (κ3) is 8.05. The van der Waals surface area contributed by atoms with Gasteiger partial charge in [0.15, 0.2) is 0 Å². The molecule has 30 heavy (non-hydrogen) atoms. The quantitative estimate of drug-likeness (QED) is 0.157. The molecular formula is C23H29NO6. The molecule has 7 nitrogen and oxygen atoms in total. The molecular weight excluding hydrogens is 386 g/mol. The number of allylic oxidation sites excluding steroid dienone is 6. The van der Waals surface area contributed by atoms with E-state index in [2.05, 4.69) is 10.9 Å². The molecule has 0 aliphatic rings. The molecule has 0 radical (unpaired) electrons. The van der Waals surface area contributed by atoms with Crippen molar-refractivity contribution in [3.63, 3.8) is 0 Å². The predicted molar refractivity (Wildman–Crippen MR) is 116 cm³/mol. The number of hydrogen-bond acceptors (Lipinski definition) is 6. The van der Waals surface area contributed by atoms with Crippen LogP contribution in [0.3, 0.4) is 0 Å². The maximum absolute atomic E-state index is 11.7. The predicted octanol–water partition coefficient (Wildman–Crippen LogP) is 4.66. The zero-order chi connectivity index (χ0) is 22.8. The summed E-state index contributed by atoms with van der Waals surface area (Å²) < 4.78 is 4.74. The third-order valence-corrected chi connectivity index (χ3v) is 4.53. The molecule has 0 aliphatic carbocycles. The van der Waals surface area contributed by atoms with Gasteiger partial charge in [0.2, 0.25) is 6.29 Å². The van der Waals surface area contributed by atoms with Crippen LogP contribution in [0.25, 0.3) is 6.08 Å². The van der Waals surface area contributed by atoms with Crippen LogP contribution in [-0.4, -0.2) is 22.5 Å². The Bertz CT molecular complexity index is 909. The summed E-state index contributed by atoms with van der Waals surface area (Å²) in [6, 6.07) is 2.01. The second kappa shape index (κ2) is 11.7. The van der Waals surface area contributed by atoms with Gasteiger partial charge in [0.05, 0.1) is 6.61 Å². The molecule has 0 bridgehead atoms. The first-order chi connectivity index (χ1) is 14.0. The van der Waals surface area contributed by atoms with E-state index in [0.717, 1.165) is 33.4 Å². The Morgan fingerprint density at radius 3 is 2.47 bits per heavy atom. The first kappa shape index (κ1) is 24.8. The Hall–Kier alpha value is -3.19. The van der Waals surface area contributed by atoms with Crippen molar-refractivity contribution >= 4 is 12.0 Å². The SMILES string of the molecule is CC(/C=C/c1c(C)cc(CO)c(C)c1C)=C\C=C\C(C)=C\C(=O)OC(C)O[N+](=O)[O-]. The van der Waals surface area contributed by atoms with E-state index >= 15 is 0 Å². The van der Waals surface area contributed by atoms with Crippen molar-refractivity contribution in [1.29, 1.82) is 0 Å². The summed E-state index contributed by atoms with van der Waals surface area (Å²) in [7, 11) is 0. The lowest BCUT2D eigenvalue weighted by Gasteiger charge is -2.13. The third-order valence-electron chi connectivity index (χ3n) is 4.53. The van der Waals surface area contributed by atoms with Crippen molar-refractivity contribution in [1.82, 2.24) is 0 Å². The Morgan fingerprint density at radius 1 is 1.20 bits per heavy atom. The molecule has 1 unspecified atom stereocenters. The highest BCUT2D eigenvalue weighted by Crippen LogP contribution is 2.23. The average molecular weight is 415 g/mol. The minimum absolute atomic E-state index is 0.0311. The Kier molecular flexibility index (Phi) is 9.71. The Balaban J connectivity index is 2.79. The number of esters is 1. The molecule has 0 saturated carbocycles. The number of hydrogen-bond donors (Lipinski definition) is 1. The molecule has 0 heterocycles. The van der Waals surface area contributed by atoms with Crippen LogP contribution in [0, 0.1) is 30.9 Å². The number of aliphatic hydroxyl groups excluding tert-OH is 1. The van der Waals surface area contributed by atoms with Gasteiger partial charge in [-0.2, -0.15) is 0 Å². The fraction of sp³-hybridized carbons (Fsp3) is 0.348. The molecule has 0 aromatic heterocycles. The van der Waals surface area contributed by atoms with Crippen LogP contribution in [-0.2, 0) is 21.0 Å². The normalized spacial score (nSPS) is 13.7. The highest BCUT2D eigenvalue weighted by molar-refractivity contribution is 5.83. The summed E-state index contributed by atoms with van der Waals surface area (Å²) >= 11 is 0. The lowest BCUT2D eigenvalue weighted by atomic mass is 9.93. The maximum atomic E-state index is 11.7. The zero-order valence-electron chi connectivity index (χ0n) is 18.3. The first-order valence-electron chi connectivity index (χ1n) is 9.48. The number of carbonyl (C=O) groups excluding carboxylic acids is 1. The highest BCUT2D eigenvalue weighted by atomic mass is 17.0. The molecule has 0 aliphatic heterocycles. The average Bonchev–Trinajstić information content (AvgIpc) is 2.63. The number of rotatable bonds is 9. The molecule has 0 saturated heterocycles. The van der Waals surface area contributed by atoms with Gasteiger partial charge in [-0.1, -0.05) is 42.0 Å². The van der Waals surface area contributed by atoms with Gasteiger partial charge in [0.25, 0.3) is 5.09 Å². The highest BCUT2D eigenvalue weighted by Gasteiger charge is 2.11. The molecule has 162 valence electrons. The lowest BCUT2D eigenvalue weighted by Crippen LogP contribution is -2.19. The van der Waals surface area contributed by atoms with E-state index in [0.29, 0.717) is 5.57 Å². The van der Waals surface area contributed by atoms with Gasteiger partial charge in [0.1, 0.15) is 0 Å². The molecule has 0 fully saturated rings. The van der Waals surface area contributed by atoms with Crippen LogP contribution in [0.15, 0.2) is 47.6 Å². The lowest BCUT2D eigenvalue weighted by molar-refractivity contribution is -0.777. The standard InChI is InChI=1S/C23H29NO6/c1-15(10-11-22-17(3)13-21(14-25)18(4)19(22)5)8-7-9-16(2)12-23(26)29-20(6)30-24(27)28/h7-13,20,25H,14H2,1-6H3/b9-7+,11-10+,15-8+,16-12+. The minimum atomic E-state index is -1.27. The number of benzene rings is 1. The van der Waals surface area contributed by atoms with Crippen LogP contribution in [0.1, 0.15) is 48.6 Å². The van der Waals surface area contributed by atoms with Gasteiger partial charge in [-0.05, 0) is 74.9 Å². The van der Waals surface area contributed by atoms with Crippen LogP contribution in [0.4, 0.5) is 0 Å². The number of nitrogens with zero attached hydrogens (tertiary/aromatic N) is 1. The first-order valence-corrected chi connectivity index (χ1v) is 9.48. The molecule has 0 spiro atoms. The Labute approximate surface area is 177 Å². The molecule has 1 aromatic rings. The monoisotopic (exact) mass is 415 g/mol. The fourth-order valence-electron chi connectivity index (χ4n) is 2.80. The van der Waals surface area contributed by atoms with Gasteiger partial charge >= 0.3 is 5.97 Å². The molecule has 1 atom stereocenters. The van der Waals surface area contributed by atoms with Crippen molar-refractivity contribution in [2.75, 3.05) is 0 Å². The summed E-state index contributed by atoms with van der Waals surface area (Å²) in [5.74, 6) is -0.722. The molecule has 7 heteroatoms. The van der Waals surface area contributed by atoms with Crippen molar-refractivity contribution in [3.8, 4) is 0 Å². The summed E-state index contributed by atoms with van der Waals surface area (Å²) in [6.07, 6.45) is 9.45. The van der Waals surface area contributed by atoms with Crippen LogP contribution in [0.5, 0.6) is 0 Å². The van der Waals surface area contributed by atoms with Crippen molar-refractivity contribution < 1.29 is 24.6 Å². The summed E-state index contributed by atoms with van der Waals surface area (Å²) in [5.41, 5.74) is 7.06. The molecule has 1 rings (SSSR count). The minimum Gasteiger partial charge on any atom is -0.432 e. The van der Waals surface area contributed by atoms with Crippen LogP contribution >= 0.6 is 0 Å². The topological polar surface area (TPSA) is 98.9 Å². The largest absolute Gasteiger partial charge is 0.432 e. The van der Waals surface area contributed by atoms with Gasteiger partial charge in [0, 0.05) is 6.08 Å². The van der Waals surface area contributed by atoms with Crippen molar-refractivity contribution in [2.24, 2.45) is 0 Å². The number of carbonyl (C=O) groups is 1. The maximum Gasteiger partial charge on any atom is 0.333 e. The van der Waals surface area contributed by atoms with Gasteiger partial charge in [-0.25, -0.2) is 4.79 Å². The van der Waals surface area contributed by atoms with E-state index < -0.39 is 17.3 Å². The summed E-state index contributed by atoms with van der Waals surface area (Å²) in [5, 5.41) is 18.6. The molecule has 1 aromatic carbocycles. The summed E-state index contributed by atoms with van der Waals surface area (Å²) in [4.78, 5) is 26.0. The second-order valence-corrected chi connectivity index (χ2v) is 7.00. The van der Waals surface area contributed by atoms with E-state index in [1.165, 1.54) is 13.0 Å². The number of aliphatic hydroxyl groups is 1. The molecule has 0 amide bonds. The van der Waals surface area contributed by atoms with Gasteiger partial charge in [-0.3, -0.25) is 4.84 Å². The van der Waals surface area contributed by atoms with Gasteiger partial charge in [-0.15, -0.1) is 10.1 Å². The van der Waals surface area contributed by atoms with Crippen LogP contribution in [0.2, 0.25) is 0 Å². The van der Waals surface area contributed by atoms with E-state index in [1.807, 2.05) is 45.9 Å². The Morgan fingerprint density at radius 2 is 1.87 bits per heavy atom. The number of aryl methyl sites for hydroxylation is 1. The zero-order valence-corrected chi connectivity index (χ0v) is 18.3. The van der Waals surface area contributed by atoms with Crippen LogP contribution < -0.4 is 0 Å². The smallest absolute Gasteiger partial charge is 0.333 e. The van der Waals surface area contributed by atoms with Crippen molar-refractivity contribution in [2.45, 2.75) is 54.4 Å². The van der Waals surface area contributed by atoms with Gasteiger partial charge < -0.3 is 9.84 Å². The second-order valence-electron chi connectivity index (χ2n) is 7.00. The van der Waals surface area contributed by atoms with Crippen molar-refractivity contribution in [3.05, 3.63) is 85.5 Å². The van der Waals surface area contributed by atoms with E-state index in [1.54, 1.807) is 19.1 Å². The van der Waals surface area contributed by atoms with E-state index in [4.69, 9.17) is 4.74 Å². The van der Waals surface area contributed by atoms with E-state index in [-0.39, 0.29) is 6.61 Å². The number of ether oxygens (including phenoxy) is 1. The van der Waals surface area contributed by atoms with E-state index in [9.17, 15) is 20.0 Å². The molecule has 1 N–H and O–H groups in total. The summed E-state index contributed by atoms with van der Waals surface area (Å²) in [6.45, 7) is 11.1.